The predicted octanol–water partition coefficient (Wildman–Crippen LogP) is 3.08. The molecule has 2 amide bonds. The number of nitrogens with zero attached hydrogens (tertiary/aromatic N) is 4. The van der Waals surface area contributed by atoms with Crippen LogP contribution in [-0.4, -0.2) is 56.2 Å². The van der Waals surface area contributed by atoms with Gasteiger partial charge in [0.2, 0.25) is 17.5 Å². The van der Waals surface area contributed by atoms with Crippen LogP contribution in [0.3, 0.4) is 0 Å². The second-order valence-corrected chi connectivity index (χ2v) is 12.6. The van der Waals surface area contributed by atoms with Gasteiger partial charge in [-0.15, -0.1) is 11.6 Å². The molecule has 1 aromatic carbocycles. The van der Waals surface area contributed by atoms with Crippen molar-refractivity contribution in [3.8, 4) is 5.88 Å². The quantitative estimate of drug-likeness (QED) is 0.307. The molecule has 48 heavy (non-hydrogen) atoms. The normalized spacial score (nSPS) is 21.8. The summed E-state index contributed by atoms with van der Waals surface area (Å²) in [4.78, 5) is 54.0. The summed E-state index contributed by atoms with van der Waals surface area (Å²) < 4.78 is 38.5. The number of amides is 2. The van der Waals surface area contributed by atoms with Crippen LogP contribution in [0.15, 0.2) is 45.8 Å². The number of hydrogen-bond acceptors (Lipinski definition) is 8. The van der Waals surface area contributed by atoms with Crippen LogP contribution < -0.4 is 31.9 Å². The molecule has 252 valence electrons. The number of alkyl halides is 1. The van der Waals surface area contributed by atoms with Gasteiger partial charge in [0.25, 0.3) is 11.5 Å². The van der Waals surface area contributed by atoms with Gasteiger partial charge < -0.3 is 20.7 Å². The van der Waals surface area contributed by atoms with Gasteiger partial charge in [-0.1, -0.05) is 6.08 Å². The summed E-state index contributed by atoms with van der Waals surface area (Å²) in [7, 11) is 4.03. The van der Waals surface area contributed by atoms with Crippen LogP contribution >= 0.6 is 11.6 Å². The SMILES string of the molecule is COc1nc(C2C=CC(F)=C(c3c(F)ccc(NC(=O)c4nn(C)c(=O)n(C)c4=O)c3C)C2Cl)cc2c1[C@@H](NC[C@@H]1CCC(=O)N1)CC2. The molecule has 1 saturated heterocycles. The number of anilines is 1. The van der Waals surface area contributed by atoms with E-state index in [2.05, 4.69) is 21.0 Å². The van der Waals surface area contributed by atoms with Gasteiger partial charge in [-0.3, -0.25) is 19.0 Å². The van der Waals surface area contributed by atoms with Crippen molar-refractivity contribution >= 4 is 34.7 Å². The lowest BCUT2D eigenvalue weighted by atomic mass is 9.84. The maximum atomic E-state index is 15.6. The van der Waals surface area contributed by atoms with Crippen molar-refractivity contribution in [2.24, 2.45) is 14.1 Å². The van der Waals surface area contributed by atoms with E-state index in [1.807, 2.05) is 6.07 Å². The minimum absolute atomic E-state index is 0.0264. The number of halogens is 3. The minimum Gasteiger partial charge on any atom is -0.481 e. The first kappa shape index (κ1) is 33.2. The molecule has 0 radical (unpaired) electrons. The molecule has 0 spiro atoms. The highest BCUT2D eigenvalue weighted by atomic mass is 35.5. The lowest BCUT2D eigenvalue weighted by molar-refractivity contribution is -0.119. The Morgan fingerprint density at radius 1 is 1.17 bits per heavy atom. The maximum Gasteiger partial charge on any atom is 0.346 e. The molecule has 2 unspecified atom stereocenters. The topological polar surface area (TPSA) is 149 Å². The molecule has 1 fully saturated rings. The summed E-state index contributed by atoms with van der Waals surface area (Å²) >= 11 is 6.97. The molecule has 4 atom stereocenters. The predicted molar refractivity (Wildman–Crippen MR) is 174 cm³/mol. The van der Waals surface area contributed by atoms with E-state index < -0.39 is 45.8 Å². The number of aromatic nitrogens is 4. The first-order valence-corrected chi connectivity index (χ1v) is 15.9. The third kappa shape index (κ3) is 5.94. The number of nitrogens with one attached hydrogen (secondary N) is 3. The number of carbonyl (C=O) groups excluding carboxylic acids is 2. The van der Waals surface area contributed by atoms with Crippen LogP contribution in [-0.2, 0) is 25.3 Å². The third-order valence-electron chi connectivity index (χ3n) is 9.18. The third-order valence-corrected chi connectivity index (χ3v) is 9.67. The Bertz CT molecular complexity index is 2020. The Labute approximate surface area is 278 Å². The Kier molecular flexibility index (Phi) is 9.05. The molecule has 1 aliphatic heterocycles. The Hall–Kier alpha value is -4.69. The number of methoxy groups -OCH3 is 1. The van der Waals surface area contributed by atoms with E-state index in [0.717, 1.165) is 45.7 Å². The van der Waals surface area contributed by atoms with Crippen molar-refractivity contribution in [2.45, 2.75) is 56.0 Å². The number of benzene rings is 1. The van der Waals surface area contributed by atoms with Crippen molar-refractivity contribution in [3.63, 3.8) is 0 Å². The van der Waals surface area contributed by atoms with Gasteiger partial charge in [0.15, 0.2) is 0 Å². The number of rotatable bonds is 8. The van der Waals surface area contributed by atoms with Gasteiger partial charge in [-0.25, -0.2) is 23.2 Å². The average Bonchev–Trinajstić information content (AvgIpc) is 3.68. The molecule has 2 aromatic heterocycles. The molecule has 12 nitrogen and oxygen atoms in total. The fourth-order valence-corrected chi connectivity index (χ4v) is 7.06. The smallest absolute Gasteiger partial charge is 0.346 e. The molecule has 2 aliphatic carbocycles. The van der Waals surface area contributed by atoms with Crippen molar-refractivity contribution in [1.82, 2.24) is 30.0 Å². The van der Waals surface area contributed by atoms with Gasteiger partial charge >= 0.3 is 5.69 Å². The molecular weight excluding hydrogens is 648 g/mol. The van der Waals surface area contributed by atoms with E-state index in [1.165, 1.54) is 40.3 Å². The lowest BCUT2D eigenvalue weighted by Crippen LogP contribution is -2.43. The first-order valence-electron chi connectivity index (χ1n) is 15.5. The number of carbonyl (C=O) groups is 2. The fraction of sp³-hybridized carbons (Fsp3) is 0.394. The molecule has 3 aliphatic rings. The minimum atomic E-state index is -1.09. The molecular formula is C33H34ClF2N7O5. The largest absolute Gasteiger partial charge is 0.481 e. The zero-order valence-electron chi connectivity index (χ0n) is 26.7. The van der Waals surface area contributed by atoms with Crippen LogP contribution in [0, 0.1) is 12.7 Å². The molecule has 15 heteroatoms. The monoisotopic (exact) mass is 681 g/mol. The highest BCUT2D eigenvalue weighted by molar-refractivity contribution is 6.28. The molecule has 6 rings (SSSR count). The summed E-state index contributed by atoms with van der Waals surface area (Å²) in [6.07, 6.45) is 5.64. The highest BCUT2D eigenvalue weighted by Crippen LogP contribution is 2.45. The number of pyridine rings is 1. The molecule has 3 N–H and O–H groups in total. The molecule has 3 aromatic rings. The Morgan fingerprint density at radius 3 is 2.65 bits per heavy atom. The summed E-state index contributed by atoms with van der Waals surface area (Å²) in [5.74, 6) is -2.64. The van der Waals surface area contributed by atoms with Crippen LogP contribution in [0.5, 0.6) is 5.88 Å². The van der Waals surface area contributed by atoms with Crippen molar-refractivity contribution in [2.75, 3.05) is 19.0 Å². The summed E-state index contributed by atoms with van der Waals surface area (Å²) in [6, 6.07) is 4.32. The van der Waals surface area contributed by atoms with Crippen molar-refractivity contribution in [3.05, 3.63) is 96.5 Å². The standard InChI is InChI=1S/C33H34ClF2N7O5/c1-15-21(39-30(45)29-32(46)42(2)33(47)43(3)41-29)11-9-19(35)25(15)27-20(36)8-7-18(28(27)34)23-13-16-5-10-22(26(16)31(40-23)48-4)37-14-17-6-12-24(44)38-17/h7-9,11,13,17-18,22,28,37H,5-6,10,12,14H2,1-4H3,(H,38,44)(H,39,45)/t17-,18?,22-,28?/m0/s1. The Morgan fingerprint density at radius 2 is 1.94 bits per heavy atom. The van der Waals surface area contributed by atoms with Gasteiger partial charge in [0.05, 0.1) is 18.2 Å². The van der Waals surface area contributed by atoms with E-state index in [-0.39, 0.29) is 40.4 Å². The second kappa shape index (κ2) is 13.1. The number of hydrogen-bond donors (Lipinski definition) is 3. The molecule has 3 heterocycles. The van der Waals surface area contributed by atoms with Gasteiger partial charge in [-0.05, 0) is 61.6 Å². The van der Waals surface area contributed by atoms with Gasteiger partial charge in [0, 0.05) is 67.4 Å². The summed E-state index contributed by atoms with van der Waals surface area (Å²) in [5, 5.41) is 11.7. The number of fused-ring (bicyclic) bond motifs is 1. The van der Waals surface area contributed by atoms with Gasteiger partial charge in [0.1, 0.15) is 11.6 Å². The highest BCUT2D eigenvalue weighted by Gasteiger charge is 2.36. The molecule has 0 bridgehead atoms. The zero-order chi connectivity index (χ0) is 34.4. The van der Waals surface area contributed by atoms with Crippen molar-refractivity contribution < 1.29 is 23.1 Å². The van der Waals surface area contributed by atoms with E-state index in [4.69, 9.17) is 21.3 Å². The van der Waals surface area contributed by atoms with Crippen LogP contribution in [0.4, 0.5) is 14.5 Å². The zero-order valence-corrected chi connectivity index (χ0v) is 27.5. The van der Waals surface area contributed by atoms with E-state index in [9.17, 15) is 19.2 Å². The number of aryl methyl sites for hydroxylation is 2. The first-order chi connectivity index (χ1) is 22.9. The van der Waals surface area contributed by atoms with Gasteiger partial charge in [-0.2, -0.15) is 5.10 Å². The number of ether oxygens (including phenoxy) is 1. The van der Waals surface area contributed by atoms with E-state index in [0.29, 0.717) is 24.5 Å². The molecule has 0 saturated carbocycles. The van der Waals surface area contributed by atoms with Crippen molar-refractivity contribution in [1.29, 1.82) is 0 Å². The van der Waals surface area contributed by atoms with Crippen LogP contribution in [0.25, 0.3) is 5.57 Å². The fourth-order valence-electron chi connectivity index (χ4n) is 6.63. The maximum absolute atomic E-state index is 15.6. The van der Waals surface area contributed by atoms with Crippen LogP contribution in [0.1, 0.15) is 69.7 Å². The number of allylic oxidation sites excluding steroid dienone is 4. The van der Waals surface area contributed by atoms with Crippen LogP contribution in [0.2, 0.25) is 0 Å². The second-order valence-electron chi connectivity index (χ2n) is 12.1. The summed E-state index contributed by atoms with van der Waals surface area (Å²) in [6.45, 7) is 2.12. The Balaban J connectivity index is 1.28. The lowest BCUT2D eigenvalue weighted by Gasteiger charge is -2.28. The summed E-state index contributed by atoms with van der Waals surface area (Å²) in [5.41, 5.74) is 0.278. The van der Waals surface area contributed by atoms with E-state index >= 15 is 8.78 Å². The van der Waals surface area contributed by atoms with E-state index in [1.54, 1.807) is 6.08 Å². The average molecular weight is 682 g/mol.